The smallest absolute Gasteiger partial charge is 0.169 e. The van der Waals surface area contributed by atoms with Crippen molar-refractivity contribution in [3.63, 3.8) is 0 Å². The lowest BCUT2D eigenvalue weighted by Crippen LogP contribution is -2.12. The summed E-state index contributed by atoms with van der Waals surface area (Å²) >= 11 is 6.30. The topological polar surface area (TPSA) is 74.6 Å². The molecular formula is C12H19ClN6. The number of hydrogen-bond donors (Lipinski definition) is 1. The molecule has 0 aliphatic carbocycles. The Kier molecular flexibility index (Phi) is 4.09. The molecule has 0 fully saturated rings. The lowest BCUT2D eigenvalue weighted by atomic mass is 10.2. The van der Waals surface area contributed by atoms with Gasteiger partial charge in [-0.3, -0.25) is 4.68 Å². The van der Waals surface area contributed by atoms with E-state index >= 15 is 0 Å². The number of nitrogens with two attached hydrogens (primary N) is 1. The summed E-state index contributed by atoms with van der Waals surface area (Å²) in [4.78, 5) is 0. The monoisotopic (exact) mass is 282 g/mol. The van der Waals surface area contributed by atoms with Crippen molar-refractivity contribution in [2.45, 2.75) is 46.7 Å². The molecule has 7 heteroatoms. The second-order valence-corrected chi connectivity index (χ2v) is 4.87. The summed E-state index contributed by atoms with van der Waals surface area (Å²) in [7, 11) is 0. The maximum absolute atomic E-state index is 6.30. The van der Waals surface area contributed by atoms with E-state index in [1.54, 1.807) is 0 Å². The molecule has 2 rings (SSSR count). The van der Waals surface area contributed by atoms with Crippen LogP contribution < -0.4 is 5.73 Å². The molecule has 2 aromatic rings. The van der Waals surface area contributed by atoms with Crippen molar-refractivity contribution in [1.29, 1.82) is 0 Å². The van der Waals surface area contributed by atoms with Crippen LogP contribution in [0.2, 0.25) is 5.02 Å². The summed E-state index contributed by atoms with van der Waals surface area (Å²) < 4.78 is 3.71. The van der Waals surface area contributed by atoms with Crippen LogP contribution in [0.25, 0.3) is 0 Å². The molecule has 0 saturated carbocycles. The maximum atomic E-state index is 6.30. The van der Waals surface area contributed by atoms with Crippen LogP contribution in [0.15, 0.2) is 0 Å². The molecule has 104 valence electrons. The number of rotatable bonds is 5. The molecule has 2 heterocycles. The van der Waals surface area contributed by atoms with Crippen molar-refractivity contribution in [3.8, 4) is 0 Å². The number of anilines is 1. The zero-order chi connectivity index (χ0) is 14.0. The van der Waals surface area contributed by atoms with E-state index in [0.717, 1.165) is 36.5 Å². The summed E-state index contributed by atoms with van der Waals surface area (Å²) in [5.74, 6) is 0.497. The first kappa shape index (κ1) is 13.9. The van der Waals surface area contributed by atoms with E-state index in [2.05, 4.69) is 22.3 Å². The van der Waals surface area contributed by atoms with Gasteiger partial charge in [0.1, 0.15) is 0 Å². The van der Waals surface area contributed by atoms with Crippen LogP contribution in [0, 0.1) is 6.92 Å². The highest BCUT2D eigenvalue weighted by Gasteiger charge is 2.16. The van der Waals surface area contributed by atoms with Crippen LogP contribution in [-0.4, -0.2) is 24.8 Å². The van der Waals surface area contributed by atoms with E-state index in [-0.39, 0.29) is 0 Å². The van der Waals surface area contributed by atoms with E-state index in [1.807, 2.05) is 23.2 Å². The fraction of sp³-hybridized carbons (Fsp3) is 0.583. The molecule has 2 N–H and O–H groups in total. The second kappa shape index (κ2) is 5.61. The highest BCUT2D eigenvalue weighted by atomic mass is 35.5. The molecular weight excluding hydrogens is 264 g/mol. The predicted octanol–water partition coefficient (Wildman–Crippen LogP) is 2.04. The van der Waals surface area contributed by atoms with Crippen molar-refractivity contribution in [1.82, 2.24) is 24.8 Å². The van der Waals surface area contributed by atoms with Gasteiger partial charge in [-0.2, -0.15) is 5.10 Å². The van der Waals surface area contributed by atoms with Crippen molar-refractivity contribution in [2.75, 3.05) is 5.73 Å². The van der Waals surface area contributed by atoms with Gasteiger partial charge in [0.15, 0.2) is 5.82 Å². The first-order valence-corrected chi connectivity index (χ1v) is 6.85. The van der Waals surface area contributed by atoms with Crippen molar-refractivity contribution in [2.24, 2.45) is 0 Å². The minimum absolute atomic E-state index is 0.497. The van der Waals surface area contributed by atoms with Gasteiger partial charge in [0.2, 0.25) is 0 Å². The van der Waals surface area contributed by atoms with E-state index in [0.29, 0.717) is 17.4 Å². The van der Waals surface area contributed by atoms with E-state index in [1.165, 1.54) is 0 Å². The fourth-order valence-electron chi connectivity index (χ4n) is 2.13. The summed E-state index contributed by atoms with van der Waals surface area (Å²) in [5.41, 5.74) is 8.59. The van der Waals surface area contributed by atoms with Gasteiger partial charge in [0, 0.05) is 6.54 Å². The molecule has 0 aliphatic heterocycles. The van der Waals surface area contributed by atoms with Crippen LogP contribution in [0.4, 0.5) is 5.82 Å². The minimum atomic E-state index is 0.497. The summed E-state index contributed by atoms with van der Waals surface area (Å²) in [5, 5.41) is 13.1. The molecule has 0 unspecified atom stereocenters. The third-order valence-electron chi connectivity index (χ3n) is 3.11. The zero-order valence-electron chi connectivity index (χ0n) is 11.5. The van der Waals surface area contributed by atoms with Gasteiger partial charge in [0.25, 0.3) is 0 Å². The lowest BCUT2D eigenvalue weighted by Gasteiger charge is -2.08. The quantitative estimate of drug-likeness (QED) is 0.911. The van der Waals surface area contributed by atoms with Crippen LogP contribution in [0.1, 0.15) is 37.4 Å². The lowest BCUT2D eigenvalue weighted by molar-refractivity contribution is 0.550. The minimum Gasteiger partial charge on any atom is -0.381 e. The van der Waals surface area contributed by atoms with Crippen LogP contribution in [0.3, 0.4) is 0 Å². The molecule has 19 heavy (non-hydrogen) atoms. The van der Waals surface area contributed by atoms with Gasteiger partial charge >= 0.3 is 0 Å². The molecule has 2 aromatic heterocycles. The molecule has 0 atom stereocenters. The van der Waals surface area contributed by atoms with Crippen molar-refractivity contribution in [3.05, 3.63) is 22.1 Å². The largest absolute Gasteiger partial charge is 0.381 e. The van der Waals surface area contributed by atoms with Gasteiger partial charge in [-0.1, -0.05) is 30.2 Å². The molecule has 0 aliphatic rings. The van der Waals surface area contributed by atoms with Gasteiger partial charge in [-0.05, 0) is 20.3 Å². The molecule has 0 spiro atoms. The Balaban J connectivity index is 2.36. The van der Waals surface area contributed by atoms with Gasteiger partial charge in [0.05, 0.1) is 28.6 Å². The molecule has 0 saturated heterocycles. The molecule has 0 bridgehead atoms. The Morgan fingerprint density at radius 3 is 2.58 bits per heavy atom. The fourth-order valence-corrected chi connectivity index (χ4v) is 2.32. The normalized spacial score (nSPS) is 11.2. The van der Waals surface area contributed by atoms with Crippen molar-refractivity contribution >= 4 is 17.4 Å². The van der Waals surface area contributed by atoms with Crippen molar-refractivity contribution < 1.29 is 0 Å². The van der Waals surface area contributed by atoms with E-state index in [9.17, 15) is 0 Å². The first-order chi connectivity index (χ1) is 9.08. The third kappa shape index (κ3) is 2.58. The average Bonchev–Trinajstić information content (AvgIpc) is 2.87. The Labute approximate surface area is 117 Å². The predicted molar refractivity (Wildman–Crippen MR) is 75.2 cm³/mol. The highest BCUT2D eigenvalue weighted by Crippen LogP contribution is 2.22. The van der Waals surface area contributed by atoms with E-state index in [4.69, 9.17) is 17.3 Å². The van der Waals surface area contributed by atoms with Gasteiger partial charge in [-0.25, -0.2) is 4.68 Å². The number of halogens is 1. The van der Waals surface area contributed by atoms with Gasteiger partial charge < -0.3 is 5.73 Å². The Hall–Kier alpha value is -1.56. The number of aryl methyl sites for hydroxylation is 2. The maximum Gasteiger partial charge on any atom is 0.169 e. The molecule has 0 amide bonds. The average molecular weight is 283 g/mol. The van der Waals surface area contributed by atoms with Crippen LogP contribution >= 0.6 is 11.6 Å². The third-order valence-corrected chi connectivity index (χ3v) is 3.60. The van der Waals surface area contributed by atoms with E-state index < -0.39 is 0 Å². The number of aromatic nitrogens is 5. The first-order valence-electron chi connectivity index (χ1n) is 6.48. The Morgan fingerprint density at radius 2 is 1.95 bits per heavy atom. The Morgan fingerprint density at radius 1 is 1.21 bits per heavy atom. The Bertz CT molecular complexity index is 571. The second-order valence-electron chi connectivity index (χ2n) is 4.49. The standard InChI is InChI=1S/C12H19ClN6/c1-4-6-9-12(14)15-17-19(9)7-10-11(13)8(3)16-18(10)5-2/h4-7,14H2,1-3H3. The molecule has 0 aromatic carbocycles. The summed E-state index contributed by atoms with van der Waals surface area (Å²) in [6.45, 7) is 7.36. The SMILES string of the molecule is CCCc1c(N)nnn1Cc1c(Cl)c(C)nn1CC. The van der Waals surface area contributed by atoms with Gasteiger partial charge in [-0.15, -0.1) is 5.10 Å². The number of nitrogens with zero attached hydrogens (tertiary/aromatic N) is 5. The molecule has 6 nitrogen and oxygen atoms in total. The molecule has 0 radical (unpaired) electrons. The van der Waals surface area contributed by atoms with Crippen LogP contribution in [0.5, 0.6) is 0 Å². The number of hydrogen-bond acceptors (Lipinski definition) is 4. The van der Waals surface area contributed by atoms with Crippen LogP contribution in [-0.2, 0) is 19.5 Å². The zero-order valence-corrected chi connectivity index (χ0v) is 12.3. The highest BCUT2D eigenvalue weighted by molar-refractivity contribution is 6.31. The number of nitrogen functional groups attached to an aromatic ring is 1. The summed E-state index contributed by atoms with van der Waals surface area (Å²) in [6.07, 6.45) is 1.85. The summed E-state index contributed by atoms with van der Waals surface area (Å²) in [6, 6.07) is 0.